The number of hydrogen-bond donors (Lipinski definition) is 3. The zero-order chi connectivity index (χ0) is 32.2. The molecular formula is C31H29ClFN5O7. The zero-order valence-electron chi connectivity index (χ0n) is 24.3. The number of ether oxygens (including phenoxy) is 1. The van der Waals surface area contributed by atoms with Gasteiger partial charge < -0.3 is 29.7 Å². The van der Waals surface area contributed by atoms with Crippen molar-refractivity contribution < 1.29 is 33.7 Å². The number of cyclic esters (lactones) is 1. The van der Waals surface area contributed by atoms with Gasteiger partial charge in [0.1, 0.15) is 12.4 Å². The van der Waals surface area contributed by atoms with E-state index >= 15 is 4.39 Å². The van der Waals surface area contributed by atoms with Crippen molar-refractivity contribution in [3.8, 4) is 17.5 Å². The number of rotatable bonds is 8. The quantitative estimate of drug-likeness (QED) is 0.244. The van der Waals surface area contributed by atoms with Crippen LogP contribution in [0.2, 0.25) is 5.02 Å². The first-order chi connectivity index (χ1) is 21.5. The van der Waals surface area contributed by atoms with E-state index in [1.807, 2.05) is 6.07 Å². The number of aryl methyl sites for hydroxylation is 1. The van der Waals surface area contributed by atoms with Gasteiger partial charge in [-0.1, -0.05) is 18.5 Å². The lowest BCUT2D eigenvalue weighted by Gasteiger charge is -2.31. The van der Waals surface area contributed by atoms with Gasteiger partial charge in [0, 0.05) is 42.0 Å². The Bertz CT molecular complexity index is 1900. The monoisotopic (exact) mass is 637 g/mol. The molecule has 0 saturated heterocycles. The molecule has 2 aromatic heterocycles. The minimum atomic E-state index is -2.02. The summed E-state index contributed by atoms with van der Waals surface area (Å²) in [5.41, 5.74) is 0.468. The second kappa shape index (κ2) is 11.5. The van der Waals surface area contributed by atoms with Gasteiger partial charge in [0.2, 0.25) is 11.8 Å². The summed E-state index contributed by atoms with van der Waals surface area (Å²) in [6, 6.07) is 4.02. The van der Waals surface area contributed by atoms with Crippen LogP contribution >= 0.6 is 11.6 Å². The lowest BCUT2D eigenvalue weighted by Crippen LogP contribution is -2.44. The number of amides is 2. The number of esters is 1. The molecule has 2 amide bonds. The number of carbonyl (C=O) groups is 3. The summed E-state index contributed by atoms with van der Waals surface area (Å²) < 4.78 is 21.6. The molecule has 12 nitrogen and oxygen atoms in total. The SMILES string of the molecule is CC[C@@]1(O)C(=O)OCc2c1cc1n(c2=O)Cc2c-1nc1cc(F)c(Cl)c3c1c2C(NC(=O)CN(CCO)C(=O)CCC#N)CC3. The van der Waals surface area contributed by atoms with Gasteiger partial charge in [0.05, 0.1) is 59.3 Å². The highest BCUT2D eigenvalue weighted by Crippen LogP contribution is 2.46. The van der Waals surface area contributed by atoms with Gasteiger partial charge in [-0.05, 0) is 36.5 Å². The number of benzene rings is 1. The van der Waals surface area contributed by atoms with E-state index in [2.05, 4.69) is 5.32 Å². The molecule has 0 saturated carbocycles. The van der Waals surface area contributed by atoms with E-state index in [0.29, 0.717) is 46.3 Å². The van der Waals surface area contributed by atoms with E-state index in [-0.39, 0.29) is 73.8 Å². The molecule has 2 aliphatic heterocycles. The molecule has 0 spiro atoms. The van der Waals surface area contributed by atoms with Gasteiger partial charge in [0.25, 0.3) is 5.56 Å². The van der Waals surface area contributed by atoms with Crippen molar-refractivity contribution in [2.75, 3.05) is 19.7 Å². The Morgan fingerprint density at radius 1 is 1.31 bits per heavy atom. The summed E-state index contributed by atoms with van der Waals surface area (Å²) in [5, 5.41) is 33.0. The highest BCUT2D eigenvalue weighted by atomic mass is 35.5. The predicted octanol–water partition coefficient (Wildman–Crippen LogP) is 2.10. The van der Waals surface area contributed by atoms with E-state index in [9.17, 15) is 29.4 Å². The van der Waals surface area contributed by atoms with Crippen molar-refractivity contribution in [1.82, 2.24) is 19.8 Å². The highest BCUT2D eigenvalue weighted by molar-refractivity contribution is 6.32. The molecule has 234 valence electrons. The molecule has 6 rings (SSSR count). The summed E-state index contributed by atoms with van der Waals surface area (Å²) in [6.07, 6.45) is 0.495. The van der Waals surface area contributed by atoms with Gasteiger partial charge in [-0.2, -0.15) is 5.26 Å². The summed E-state index contributed by atoms with van der Waals surface area (Å²) in [5.74, 6) is -2.48. The molecule has 0 radical (unpaired) electrons. The minimum Gasteiger partial charge on any atom is -0.458 e. The normalized spacial score (nSPS) is 19.3. The van der Waals surface area contributed by atoms with Gasteiger partial charge in [0.15, 0.2) is 5.60 Å². The van der Waals surface area contributed by atoms with Crippen LogP contribution in [-0.2, 0) is 44.3 Å². The summed E-state index contributed by atoms with van der Waals surface area (Å²) in [4.78, 5) is 58.1. The van der Waals surface area contributed by atoms with Crippen LogP contribution in [0.1, 0.15) is 66.5 Å². The van der Waals surface area contributed by atoms with Crippen LogP contribution in [0.15, 0.2) is 16.9 Å². The smallest absolute Gasteiger partial charge is 0.343 e. The average Bonchev–Trinajstić information content (AvgIpc) is 3.39. The lowest BCUT2D eigenvalue weighted by atomic mass is 9.83. The van der Waals surface area contributed by atoms with E-state index in [0.717, 1.165) is 0 Å². The van der Waals surface area contributed by atoms with Crippen LogP contribution in [0.5, 0.6) is 0 Å². The van der Waals surface area contributed by atoms with Gasteiger partial charge in [-0.15, -0.1) is 0 Å². The fourth-order valence-electron chi connectivity index (χ4n) is 6.65. The van der Waals surface area contributed by atoms with Crippen molar-refractivity contribution in [3.05, 3.63) is 61.1 Å². The van der Waals surface area contributed by atoms with Crippen LogP contribution in [0, 0.1) is 17.1 Å². The Morgan fingerprint density at radius 3 is 2.80 bits per heavy atom. The Balaban J connectivity index is 1.46. The highest BCUT2D eigenvalue weighted by Gasteiger charge is 2.46. The summed E-state index contributed by atoms with van der Waals surface area (Å²) in [7, 11) is 0. The largest absolute Gasteiger partial charge is 0.458 e. The molecule has 45 heavy (non-hydrogen) atoms. The second-order valence-corrected chi connectivity index (χ2v) is 11.7. The number of carbonyl (C=O) groups excluding carboxylic acids is 3. The summed E-state index contributed by atoms with van der Waals surface area (Å²) in [6.45, 7) is 0.544. The number of hydrogen-bond acceptors (Lipinski definition) is 9. The van der Waals surface area contributed by atoms with Gasteiger partial charge in [-0.3, -0.25) is 14.4 Å². The molecule has 1 aliphatic carbocycles. The Kier molecular flexibility index (Phi) is 7.84. The molecule has 3 aliphatic rings. The number of pyridine rings is 2. The number of fused-ring (bicyclic) bond motifs is 5. The standard InChI is InChI=1S/C31H29ClFN5O7/c1-2-31(44)18-10-22-28-16(12-38(22)29(42)17(18)14-45-30(31)43)26-20(6-5-15-25(26)21(36-28)11-19(33)27(15)32)35-23(40)13-37(8-9-39)24(41)4-3-7-34/h10-11,20,39,44H,2-6,8-9,12-14H2,1H3,(H,35,40)/t20?,31-/m0/s1. The lowest BCUT2D eigenvalue weighted by molar-refractivity contribution is -0.172. The third kappa shape index (κ3) is 4.84. The molecule has 3 N–H and O–H groups in total. The van der Waals surface area contributed by atoms with Crippen molar-refractivity contribution in [3.63, 3.8) is 0 Å². The van der Waals surface area contributed by atoms with Crippen LogP contribution in [0.25, 0.3) is 22.3 Å². The molecule has 4 heterocycles. The number of aromatic nitrogens is 2. The maximum atomic E-state index is 15.0. The first-order valence-corrected chi connectivity index (χ1v) is 15.0. The van der Waals surface area contributed by atoms with Crippen LogP contribution in [-0.4, -0.2) is 62.1 Å². The van der Waals surface area contributed by atoms with Crippen molar-refractivity contribution in [1.29, 1.82) is 5.26 Å². The maximum absolute atomic E-state index is 15.0. The average molecular weight is 638 g/mol. The fourth-order valence-corrected chi connectivity index (χ4v) is 6.89. The van der Waals surface area contributed by atoms with Gasteiger partial charge >= 0.3 is 5.97 Å². The molecular weight excluding hydrogens is 609 g/mol. The fraction of sp³-hybridized carbons (Fsp3) is 0.419. The van der Waals surface area contributed by atoms with E-state index in [1.54, 1.807) is 13.0 Å². The first kappa shape index (κ1) is 30.6. The third-order valence-corrected chi connectivity index (χ3v) is 9.29. The number of nitrogens with zero attached hydrogens (tertiary/aromatic N) is 4. The van der Waals surface area contributed by atoms with Gasteiger partial charge in [-0.25, -0.2) is 14.2 Å². The molecule has 1 unspecified atom stereocenters. The van der Waals surface area contributed by atoms with Crippen molar-refractivity contribution in [2.45, 2.75) is 63.8 Å². The van der Waals surface area contributed by atoms with Crippen LogP contribution < -0.4 is 10.9 Å². The van der Waals surface area contributed by atoms with Crippen molar-refractivity contribution in [2.24, 2.45) is 0 Å². The number of nitrogens with one attached hydrogen (secondary N) is 1. The maximum Gasteiger partial charge on any atom is 0.343 e. The van der Waals surface area contributed by atoms with Crippen molar-refractivity contribution >= 4 is 40.3 Å². The van der Waals surface area contributed by atoms with E-state index in [4.69, 9.17) is 26.6 Å². The Hall–Kier alpha value is -4.38. The molecule has 3 aromatic rings. The van der Waals surface area contributed by atoms with Crippen LogP contribution in [0.4, 0.5) is 4.39 Å². The Labute approximate surface area is 261 Å². The first-order valence-electron chi connectivity index (χ1n) is 14.6. The Morgan fingerprint density at radius 2 is 2.09 bits per heavy atom. The number of aliphatic hydroxyl groups excluding tert-OH is 1. The third-order valence-electron chi connectivity index (χ3n) is 8.88. The molecule has 1 aromatic carbocycles. The summed E-state index contributed by atoms with van der Waals surface area (Å²) >= 11 is 6.41. The number of nitriles is 1. The molecule has 0 bridgehead atoms. The van der Waals surface area contributed by atoms with E-state index < -0.39 is 40.8 Å². The minimum absolute atomic E-state index is 0.0282. The van der Waals surface area contributed by atoms with E-state index in [1.165, 1.54) is 15.5 Å². The van der Waals surface area contributed by atoms with Crippen LogP contribution in [0.3, 0.4) is 0 Å². The molecule has 14 heteroatoms. The molecule has 2 atom stereocenters. The zero-order valence-corrected chi connectivity index (χ0v) is 25.0. The molecule has 0 fully saturated rings. The second-order valence-electron chi connectivity index (χ2n) is 11.4. The number of aliphatic hydroxyl groups is 2. The number of halogens is 2. The topological polar surface area (TPSA) is 175 Å². The predicted molar refractivity (Wildman–Crippen MR) is 157 cm³/mol.